The van der Waals surface area contributed by atoms with Crippen LogP contribution in [0.1, 0.15) is 22.8 Å². The van der Waals surface area contributed by atoms with E-state index in [0.717, 1.165) is 44.8 Å². The topological polar surface area (TPSA) is 97.8 Å². The molecule has 0 atom stereocenters. The van der Waals surface area contributed by atoms with E-state index in [-0.39, 0.29) is 28.6 Å². The zero-order valence-corrected chi connectivity index (χ0v) is 18.2. The van der Waals surface area contributed by atoms with Gasteiger partial charge in [0.05, 0.1) is 22.8 Å². The number of aromatic hydroxyl groups is 2. The molecule has 6 nitrogen and oxygen atoms in total. The Hall–Kier alpha value is -4.06. The minimum atomic E-state index is -0.0370. The van der Waals surface area contributed by atoms with Crippen LogP contribution in [0.5, 0.6) is 11.5 Å². The van der Waals surface area contributed by atoms with Crippen LogP contribution in [-0.2, 0) is 17.1 Å². The van der Waals surface area contributed by atoms with Crippen molar-refractivity contribution < 1.29 is 27.3 Å². The summed E-state index contributed by atoms with van der Waals surface area (Å²) < 4.78 is 0. The van der Waals surface area contributed by atoms with Gasteiger partial charge in [-0.2, -0.15) is 6.07 Å². The van der Waals surface area contributed by atoms with Gasteiger partial charge in [-0.05, 0) is 72.8 Å². The fourth-order valence-electron chi connectivity index (χ4n) is 3.39. The van der Waals surface area contributed by atoms with Gasteiger partial charge >= 0.3 is 17.1 Å². The Morgan fingerprint density at radius 1 is 0.545 bits per heavy atom. The van der Waals surface area contributed by atoms with Gasteiger partial charge in [0.2, 0.25) is 0 Å². The van der Waals surface area contributed by atoms with Gasteiger partial charge in [0, 0.05) is 33.6 Å². The van der Waals surface area contributed by atoms with E-state index in [4.69, 9.17) is 10.2 Å². The van der Waals surface area contributed by atoms with Crippen molar-refractivity contribution in [3.05, 3.63) is 95.6 Å². The predicted octanol–water partition coefficient (Wildman–Crippen LogP) is 5.55. The fourth-order valence-corrected chi connectivity index (χ4v) is 3.39. The number of phenolic OH excluding ortho intramolecular Hbond substituents is 2. The Labute approximate surface area is 200 Å². The molecule has 0 fully saturated rings. The summed E-state index contributed by atoms with van der Waals surface area (Å²) in [5, 5.41) is 17.2. The molecule has 33 heavy (non-hydrogen) atoms. The molecule has 7 heteroatoms. The second-order valence-electron chi connectivity index (χ2n) is 7.33. The summed E-state index contributed by atoms with van der Waals surface area (Å²) in [6.45, 7) is 0. The molecule has 1 aromatic carbocycles. The van der Waals surface area contributed by atoms with Crippen LogP contribution in [0.15, 0.2) is 66.7 Å². The number of benzene rings is 1. The van der Waals surface area contributed by atoms with Crippen LogP contribution in [0.25, 0.3) is 46.4 Å². The molecule has 4 N–H and O–H groups in total. The minimum Gasteiger partial charge on any atom is -0.534 e. The standard InChI is InChI=1S/C20H14N4.C6H5O2.Cu/c1-2-14-10-16-5-6-18(23-16)12-20-8-7-19(24-20)11-17-4-3-15(22-17)9-13(1)21-14;7-5-2-1-3-6(8)4-5;/h1-12,21-22H;1-3,7-8H;/q;-1;+1. The summed E-state index contributed by atoms with van der Waals surface area (Å²) in [4.78, 5) is 16.0. The van der Waals surface area contributed by atoms with Gasteiger partial charge in [-0.1, -0.05) is 6.07 Å². The van der Waals surface area contributed by atoms with Crippen LogP contribution in [0.3, 0.4) is 0 Å². The average molecular weight is 483 g/mol. The summed E-state index contributed by atoms with van der Waals surface area (Å²) in [5.74, 6) is -0.0741. The monoisotopic (exact) mass is 482 g/mol. The Bertz CT molecular complexity index is 1410. The summed E-state index contributed by atoms with van der Waals surface area (Å²) in [5.41, 5.74) is 7.86. The van der Waals surface area contributed by atoms with Gasteiger partial charge in [-0.25, -0.2) is 9.97 Å². The number of nitrogens with one attached hydrogen (secondary N) is 2. The normalized spacial score (nSPS) is 11.4. The number of hydrogen-bond acceptors (Lipinski definition) is 4. The molecule has 0 amide bonds. The van der Waals surface area contributed by atoms with E-state index in [1.54, 1.807) is 6.07 Å². The third-order valence-electron chi connectivity index (χ3n) is 4.81. The fraction of sp³-hybridized carbons (Fsp3) is 0. The van der Waals surface area contributed by atoms with E-state index in [2.05, 4.69) is 56.3 Å². The van der Waals surface area contributed by atoms with Crippen molar-refractivity contribution in [1.29, 1.82) is 0 Å². The second kappa shape index (κ2) is 9.61. The largest absolute Gasteiger partial charge is 1.00 e. The molecule has 8 bridgehead atoms. The smallest absolute Gasteiger partial charge is 0.534 e. The van der Waals surface area contributed by atoms with Crippen molar-refractivity contribution in [1.82, 2.24) is 19.9 Å². The van der Waals surface area contributed by atoms with Crippen molar-refractivity contribution in [2.75, 3.05) is 0 Å². The van der Waals surface area contributed by atoms with Crippen molar-refractivity contribution in [3.8, 4) is 11.5 Å². The van der Waals surface area contributed by atoms with Crippen molar-refractivity contribution in [2.45, 2.75) is 0 Å². The van der Waals surface area contributed by atoms with E-state index in [0.29, 0.717) is 0 Å². The van der Waals surface area contributed by atoms with Crippen molar-refractivity contribution in [3.63, 3.8) is 0 Å². The zero-order chi connectivity index (χ0) is 21.9. The summed E-state index contributed by atoms with van der Waals surface area (Å²) in [7, 11) is 0. The van der Waals surface area contributed by atoms with E-state index < -0.39 is 0 Å². The van der Waals surface area contributed by atoms with E-state index in [9.17, 15) is 0 Å². The number of rotatable bonds is 0. The maximum atomic E-state index is 8.60. The van der Waals surface area contributed by atoms with Crippen molar-refractivity contribution >= 4 is 46.4 Å². The molecule has 0 unspecified atom stereocenters. The molecule has 6 rings (SSSR count). The van der Waals surface area contributed by atoms with Gasteiger partial charge < -0.3 is 20.2 Å². The van der Waals surface area contributed by atoms with E-state index in [1.807, 2.05) is 42.5 Å². The molecule has 3 aromatic heterocycles. The number of H-pyrrole nitrogens is 2. The number of aromatic amines is 2. The first-order valence-corrected chi connectivity index (χ1v) is 10.0. The SMILES string of the molecule is C1=Cc2cc3ccc(cc4ccc(cc5nc(cc1n2)C=C5)[nH]4)[nH]3.Oc1[c-]c(O)ccc1.[Cu+]. The molecule has 0 saturated heterocycles. The molecule has 5 heterocycles. The third-order valence-corrected chi connectivity index (χ3v) is 4.81. The van der Waals surface area contributed by atoms with Gasteiger partial charge in [-0.3, -0.25) is 0 Å². The number of aromatic nitrogens is 4. The Morgan fingerprint density at radius 3 is 1.33 bits per heavy atom. The van der Waals surface area contributed by atoms with Gasteiger partial charge in [0.25, 0.3) is 0 Å². The van der Waals surface area contributed by atoms with Crippen LogP contribution < -0.4 is 0 Å². The maximum Gasteiger partial charge on any atom is 1.00 e. The number of fused-ring (bicyclic) bond motifs is 8. The Morgan fingerprint density at radius 2 is 0.939 bits per heavy atom. The zero-order valence-electron chi connectivity index (χ0n) is 17.3. The first-order chi connectivity index (χ1) is 15.6. The van der Waals surface area contributed by atoms with E-state index in [1.165, 1.54) is 12.1 Å². The molecule has 0 aliphatic carbocycles. The predicted molar refractivity (Wildman–Crippen MR) is 127 cm³/mol. The second-order valence-corrected chi connectivity index (χ2v) is 7.33. The quantitative estimate of drug-likeness (QED) is 0.168. The van der Waals surface area contributed by atoms with Gasteiger partial charge in [0.1, 0.15) is 0 Å². The summed E-state index contributed by atoms with van der Waals surface area (Å²) in [6, 6.07) is 23.1. The first-order valence-electron chi connectivity index (χ1n) is 10.0. The Kier molecular flexibility index (Phi) is 6.45. The van der Waals surface area contributed by atoms with Crippen molar-refractivity contribution in [2.24, 2.45) is 0 Å². The van der Waals surface area contributed by atoms with E-state index >= 15 is 0 Å². The van der Waals surface area contributed by atoms with Crippen LogP contribution in [-0.4, -0.2) is 30.1 Å². The summed E-state index contributed by atoms with van der Waals surface area (Å²) >= 11 is 0. The molecule has 2 aliphatic rings. The van der Waals surface area contributed by atoms with Gasteiger partial charge in [-0.15, -0.1) is 12.1 Å². The number of nitrogens with zero attached hydrogens (tertiary/aromatic N) is 2. The number of hydrogen-bond donors (Lipinski definition) is 4. The molecule has 0 radical (unpaired) electrons. The Balaban J connectivity index is 0.000000247. The van der Waals surface area contributed by atoms with Crippen LogP contribution in [0.2, 0.25) is 0 Å². The molecular formula is C26H19CuN4O2. The molecule has 2 aliphatic heterocycles. The molecule has 4 aromatic rings. The first kappa shape index (κ1) is 22.1. The van der Waals surface area contributed by atoms with Crippen LogP contribution in [0, 0.1) is 6.07 Å². The molecule has 166 valence electrons. The molecule has 0 spiro atoms. The molecule has 0 saturated carbocycles. The number of phenols is 2. The van der Waals surface area contributed by atoms with Gasteiger partial charge in [0.15, 0.2) is 0 Å². The summed E-state index contributed by atoms with van der Waals surface area (Å²) in [6.07, 6.45) is 8.05. The third kappa shape index (κ3) is 5.60. The molecular weight excluding hydrogens is 464 g/mol. The average Bonchev–Trinajstić information content (AvgIpc) is 3.54. The maximum absolute atomic E-state index is 8.60. The minimum absolute atomic E-state index is 0. The van der Waals surface area contributed by atoms with Crippen LogP contribution in [0.4, 0.5) is 0 Å². The van der Waals surface area contributed by atoms with Crippen LogP contribution >= 0.6 is 0 Å².